The molecule has 1 saturated heterocycles. The van der Waals surface area contributed by atoms with E-state index in [1.54, 1.807) is 11.3 Å². The van der Waals surface area contributed by atoms with Crippen LogP contribution >= 0.6 is 27.3 Å². The van der Waals surface area contributed by atoms with Crippen molar-refractivity contribution in [3.05, 3.63) is 56.7 Å². The van der Waals surface area contributed by atoms with Crippen LogP contribution in [-0.2, 0) is 11.3 Å². The Labute approximate surface area is 143 Å². The quantitative estimate of drug-likeness (QED) is 0.853. The minimum Gasteiger partial charge on any atom is -0.350 e. The van der Waals surface area contributed by atoms with Crippen molar-refractivity contribution in [2.45, 2.75) is 25.4 Å². The molecule has 1 N–H and O–H groups in total. The molecule has 22 heavy (non-hydrogen) atoms. The van der Waals surface area contributed by atoms with E-state index >= 15 is 0 Å². The van der Waals surface area contributed by atoms with Gasteiger partial charge in [-0.1, -0.05) is 34.1 Å². The first-order valence-electron chi connectivity index (χ1n) is 7.51. The number of amides is 1. The number of benzene rings is 1. The summed E-state index contributed by atoms with van der Waals surface area (Å²) >= 11 is 5.20. The number of carbonyl (C=O) groups excluding carboxylic acids is 1. The van der Waals surface area contributed by atoms with Crippen LogP contribution in [0.15, 0.2) is 46.3 Å². The minimum atomic E-state index is 0.107. The van der Waals surface area contributed by atoms with Gasteiger partial charge in [0, 0.05) is 15.4 Å². The fourth-order valence-corrected chi connectivity index (χ4v) is 4.01. The fraction of sp³-hybridized carbons (Fsp3) is 0.353. The van der Waals surface area contributed by atoms with Gasteiger partial charge in [0.15, 0.2) is 0 Å². The molecule has 0 radical (unpaired) electrons. The Morgan fingerprint density at radius 1 is 1.36 bits per heavy atom. The summed E-state index contributed by atoms with van der Waals surface area (Å²) in [5.74, 6) is 0.107. The largest absolute Gasteiger partial charge is 0.350 e. The average Bonchev–Trinajstić information content (AvgIpc) is 3.16. The molecule has 1 amide bonds. The second-order valence-corrected chi connectivity index (χ2v) is 7.49. The van der Waals surface area contributed by atoms with Gasteiger partial charge in [-0.2, -0.15) is 0 Å². The van der Waals surface area contributed by atoms with E-state index in [0.717, 1.165) is 23.9 Å². The first-order chi connectivity index (χ1) is 10.7. The first kappa shape index (κ1) is 15.7. The molecule has 1 aromatic heterocycles. The van der Waals surface area contributed by atoms with Gasteiger partial charge >= 0.3 is 0 Å². The van der Waals surface area contributed by atoms with Gasteiger partial charge in [0.25, 0.3) is 0 Å². The molecular weight excluding hydrogens is 360 g/mol. The van der Waals surface area contributed by atoms with Gasteiger partial charge in [-0.05, 0) is 48.5 Å². The van der Waals surface area contributed by atoms with Gasteiger partial charge in [0.05, 0.1) is 13.1 Å². The Balaban J connectivity index is 1.57. The van der Waals surface area contributed by atoms with Crippen LogP contribution in [0, 0.1) is 0 Å². The summed E-state index contributed by atoms with van der Waals surface area (Å²) < 4.78 is 1.10. The lowest BCUT2D eigenvalue weighted by atomic mass is 10.0. The highest BCUT2D eigenvalue weighted by molar-refractivity contribution is 9.10. The van der Waals surface area contributed by atoms with E-state index in [1.807, 2.05) is 23.6 Å². The Bertz CT molecular complexity index is 629. The maximum Gasteiger partial charge on any atom is 0.234 e. The predicted octanol–water partition coefficient (Wildman–Crippen LogP) is 3.96. The number of nitrogens with zero attached hydrogens (tertiary/aromatic N) is 1. The van der Waals surface area contributed by atoms with Crippen LogP contribution in [0.1, 0.15) is 29.3 Å². The lowest BCUT2D eigenvalue weighted by Gasteiger charge is -2.24. The molecule has 1 aliphatic rings. The summed E-state index contributed by atoms with van der Waals surface area (Å²) in [5.41, 5.74) is 1.29. The summed E-state index contributed by atoms with van der Waals surface area (Å²) in [6.45, 7) is 2.10. The van der Waals surface area contributed by atoms with Crippen LogP contribution < -0.4 is 5.32 Å². The number of hydrogen-bond acceptors (Lipinski definition) is 3. The number of carbonyl (C=O) groups is 1. The number of hydrogen-bond donors (Lipinski definition) is 1. The Hall–Kier alpha value is -1.17. The Kier molecular flexibility index (Phi) is 5.28. The van der Waals surface area contributed by atoms with E-state index in [-0.39, 0.29) is 5.91 Å². The van der Waals surface area contributed by atoms with Crippen molar-refractivity contribution in [1.29, 1.82) is 0 Å². The van der Waals surface area contributed by atoms with Crippen LogP contribution in [0.4, 0.5) is 0 Å². The third kappa shape index (κ3) is 3.97. The Morgan fingerprint density at radius 3 is 3.05 bits per heavy atom. The molecule has 1 fully saturated rings. The van der Waals surface area contributed by atoms with Crippen molar-refractivity contribution in [3.63, 3.8) is 0 Å². The molecule has 0 aliphatic carbocycles. The second kappa shape index (κ2) is 7.40. The highest BCUT2D eigenvalue weighted by atomic mass is 79.9. The van der Waals surface area contributed by atoms with Crippen molar-refractivity contribution in [3.8, 4) is 0 Å². The highest BCUT2D eigenvalue weighted by Crippen LogP contribution is 2.32. The number of thiophene rings is 1. The monoisotopic (exact) mass is 378 g/mol. The topological polar surface area (TPSA) is 32.3 Å². The summed E-state index contributed by atoms with van der Waals surface area (Å²) in [4.78, 5) is 15.7. The predicted molar refractivity (Wildman–Crippen MR) is 93.9 cm³/mol. The van der Waals surface area contributed by atoms with E-state index < -0.39 is 0 Å². The second-order valence-electron chi connectivity index (χ2n) is 5.54. The molecule has 2 heterocycles. The van der Waals surface area contributed by atoms with E-state index in [9.17, 15) is 4.79 Å². The summed E-state index contributed by atoms with van der Waals surface area (Å²) in [6, 6.07) is 12.8. The van der Waals surface area contributed by atoms with E-state index in [1.165, 1.54) is 10.4 Å². The maximum atomic E-state index is 12.2. The maximum absolute atomic E-state index is 12.2. The molecule has 5 heteroatoms. The first-order valence-corrected chi connectivity index (χ1v) is 9.18. The number of rotatable bonds is 5. The third-order valence-electron chi connectivity index (χ3n) is 3.98. The minimum absolute atomic E-state index is 0.107. The van der Waals surface area contributed by atoms with Crippen LogP contribution in [-0.4, -0.2) is 23.9 Å². The zero-order valence-electron chi connectivity index (χ0n) is 12.3. The molecule has 3 rings (SSSR count). The molecule has 1 aliphatic heterocycles. The summed E-state index contributed by atoms with van der Waals surface area (Å²) in [5, 5.41) is 5.05. The normalized spacial score (nSPS) is 18.5. The van der Waals surface area contributed by atoms with Gasteiger partial charge < -0.3 is 5.32 Å². The molecule has 1 aromatic carbocycles. The smallest absolute Gasteiger partial charge is 0.234 e. The molecular formula is C17H19BrN2OS. The lowest BCUT2D eigenvalue weighted by molar-refractivity contribution is -0.122. The molecule has 116 valence electrons. The summed E-state index contributed by atoms with van der Waals surface area (Å²) in [6.07, 6.45) is 2.27. The molecule has 3 nitrogen and oxygen atoms in total. The third-order valence-corrected chi connectivity index (χ3v) is 5.35. The average molecular weight is 379 g/mol. The van der Waals surface area contributed by atoms with Gasteiger partial charge in [-0.25, -0.2) is 0 Å². The molecule has 0 bridgehead atoms. The van der Waals surface area contributed by atoms with E-state index in [2.05, 4.69) is 44.3 Å². The standard InChI is InChI=1S/C17H19BrN2OS/c18-14-5-1-4-13(10-14)16-7-2-8-20(16)12-17(21)19-11-15-6-3-9-22-15/h1,3-6,9-10,16H,2,7-8,11-12H2,(H,19,21). The Morgan fingerprint density at radius 2 is 2.27 bits per heavy atom. The van der Waals surface area contributed by atoms with Crippen molar-refractivity contribution in [2.75, 3.05) is 13.1 Å². The van der Waals surface area contributed by atoms with Gasteiger partial charge in [0.1, 0.15) is 0 Å². The molecule has 1 atom stereocenters. The number of likely N-dealkylation sites (tertiary alicyclic amines) is 1. The zero-order chi connectivity index (χ0) is 15.4. The van der Waals surface area contributed by atoms with Crippen LogP contribution in [0.25, 0.3) is 0 Å². The summed E-state index contributed by atoms with van der Waals surface area (Å²) in [7, 11) is 0. The van der Waals surface area contributed by atoms with Gasteiger partial charge in [-0.15, -0.1) is 11.3 Å². The van der Waals surface area contributed by atoms with Crippen LogP contribution in [0.5, 0.6) is 0 Å². The number of halogens is 1. The fourth-order valence-electron chi connectivity index (χ4n) is 2.95. The molecule has 0 saturated carbocycles. The van der Waals surface area contributed by atoms with Crippen molar-refractivity contribution >= 4 is 33.2 Å². The molecule has 2 aromatic rings. The van der Waals surface area contributed by atoms with E-state index in [0.29, 0.717) is 19.1 Å². The molecule has 1 unspecified atom stereocenters. The number of nitrogens with one attached hydrogen (secondary N) is 1. The van der Waals surface area contributed by atoms with Crippen molar-refractivity contribution in [1.82, 2.24) is 10.2 Å². The zero-order valence-corrected chi connectivity index (χ0v) is 14.7. The van der Waals surface area contributed by atoms with Crippen LogP contribution in [0.3, 0.4) is 0 Å². The SMILES string of the molecule is O=C(CN1CCCC1c1cccc(Br)c1)NCc1cccs1. The van der Waals surface area contributed by atoms with Gasteiger partial charge in [-0.3, -0.25) is 9.69 Å². The van der Waals surface area contributed by atoms with Gasteiger partial charge in [0.2, 0.25) is 5.91 Å². The van der Waals surface area contributed by atoms with Crippen molar-refractivity contribution in [2.24, 2.45) is 0 Å². The van der Waals surface area contributed by atoms with Crippen LogP contribution in [0.2, 0.25) is 0 Å². The van der Waals surface area contributed by atoms with E-state index in [4.69, 9.17) is 0 Å². The molecule has 0 spiro atoms. The highest BCUT2D eigenvalue weighted by Gasteiger charge is 2.27. The van der Waals surface area contributed by atoms with Crippen molar-refractivity contribution < 1.29 is 4.79 Å². The lowest BCUT2D eigenvalue weighted by Crippen LogP contribution is -2.36.